The predicted octanol–water partition coefficient (Wildman–Crippen LogP) is 2.35. The van der Waals surface area contributed by atoms with Crippen molar-refractivity contribution in [2.45, 2.75) is 0 Å². The van der Waals surface area contributed by atoms with Crippen molar-refractivity contribution in [2.75, 3.05) is 5.73 Å². The highest BCUT2D eigenvalue weighted by Crippen LogP contribution is 2.38. The van der Waals surface area contributed by atoms with E-state index in [9.17, 15) is 10.2 Å². The Morgan fingerprint density at radius 2 is 1.47 bits per heavy atom. The first-order chi connectivity index (χ1) is 7.20. The van der Waals surface area contributed by atoms with Gasteiger partial charge >= 0.3 is 0 Å². The van der Waals surface area contributed by atoms with E-state index in [1.807, 2.05) is 12.1 Å². The molecule has 4 N–H and O–H groups in total. The van der Waals surface area contributed by atoms with E-state index in [-0.39, 0.29) is 11.5 Å². The maximum Gasteiger partial charge on any atom is 0.165 e. The van der Waals surface area contributed by atoms with Gasteiger partial charge in [0.25, 0.3) is 0 Å². The van der Waals surface area contributed by atoms with Gasteiger partial charge in [0.05, 0.1) is 0 Å². The predicted molar refractivity (Wildman–Crippen MR) is 59.6 cm³/mol. The first-order valence-electron chi connectivity index (χ1n) is 4.56. The fourth-order valence-electron chi connectivity index (χ4n) is 1.49. The Hall–Kier alpha value is -2.16. The second-order valence-corrected chi connectivity index (χ2v) is 3.26. The highest BCUT2D eigenvalue weighted by molar-refractivity contribution is 5.81. The van der Waals surface area contributed by atoms with E-state index in [1.165, 1.54) is 6.07 Å². The molecule has 0 atom stereocenters. The second-order valence-electron chi connectivity index (χ2n) is 3.26. The zero-order chi connectivity index (χ0) is 10.8. The third-order valence-corrected chi connectivity index (χ3v) is 2.27. The molecule has 2 rings (SSSR count). The highest BCUT2D eigenvalue weighted by Gasteiger charge is 2.09. The fraction of sp³-hybridized carbons (Fsp3) is 0. The number of hydrogen-bond acceptors (Lipinski definition) is 3. The van der Waals surface area contributed by atoms with Crippen molar-refractivity contribution < 1.29 is 10.2 Å². The Bertz CT molecular complexity index is 495. The van der Waals surface area contributed by atoms with E-state index in [1.54, 1.807) is 24.3 Å². The smallest absolute Gasteiger partial charge is 0.165 e. The molecule has 2 aromatic rings. The minimum Gasteiger partial charge on any atom is -0.504 e. The van der Waals surface area contributed by atoms with Crippen LogP contribution in [0.4, 0.5) is 5.69 Å². The maximum absolute atomic E-state index is 9.67. The van der Waals surface area contributed by atoms with Crippen LogP contribution in [0, 0.1) is 0 Å². The van der Waals surface area contributed by atoms with Crippen molar-refractivity contribution in [2.24, 2.45) is 0 Å². The summed E-state index contributed by atoms with van der Waals surface area (Å²) >= 11 is 0. The van der Waals surface area contributed by atoms with E-state index in [4.69, 9.17) is 5.73 Å². The first-order valence-corrected chi connectivity index (χ1v) is 4.56. The normalized spacial score (nSPS) is 10.1. The van der Waals surface area contributed by atoms with Crippen LogP contribution in [0.2, 0.25) is 0 Å². The summed E-state index contributed by atoms with van der Waals surface area (Å²) in [6, 6.07) is 12.0. The molecule has 0 heterocycles. The largest absolute Gasteiger partial charge is 0.504 e. The van der Waals surface area contributed by atoms with Crippen LogP contribution in [0.5, 0.6) is 11.5 Å². The third-order valence-electron chi connectivity index (χ3n) is 2.27. The van der Waals surface area contributed by atoms with Gasteiger partial charge in [-0.3, -0.25) is 0 Å². The number of aromatic hydroxyl groups is 2. The molecule has 15 heavy (non-hydrogen) atoms. The number of rotatable bonds is 1. The van der Waals surface area contributed by atoms with Gasteiger partial charge in [0.1, 0.15) is 0 Å². The molecule has 0 aliphatic heterocycles. The van der Waals surface area contributed by atoms with Crippen molar-refractivity contribution in [3.8, 4) is 22.6 Å². The van der Waals surface area contributed by atoms with Crippen molar-refractivity contribution in [3.05, 3.63) is 42.5 Å². The summed E-state index contributed by atoms with van der Waals surface area (Å²) in [7, 11) is 0. The van der Waals surface area contributed by atoms with Crippen LogP contribution in [0.3, 0.4) is 0 Å². The van der Waals surface area contributed by atoms with Crippen LogP contribution < -0.4 is 5.73 Å². The molecule has 0 spiro atoms. The summed E-state index contributed by atoms with van der Waals surface area (Å²) in [6.07, 6.45) is 0. The molecule has 2 aromatic carbocycles. The van der Waals surface area contributed by atoms with E-state index in [0.717, 1.165) is 0 Å². The molecular formula is C12H11NO2. The lowest BCUT2D eigenvalue weighted by Crippen LogP contribution is -1.89. The van der Waals surface area contributed by atoms with Gasteiger partial charge in [0, 0.05) is 16.8 Å². The molecule has 0 radical (unpaired) electrons. The number of para-hydroxylation sites is 2. The molecule has 76 valence electrons. The van der Waals surface area contributed by atoms with Crippen LogP contribution in [0.1, 0.15) is 0 Å². The van der Waals surface area contributed by atoms with Crippen LogP contribution in [0.15, 0.2) is 42.5 Å². The number of nitrogens with two attached hydrogens (primary N) is 1. The zero-order valence-electron chi connectivity index (χ0n) is 8.01. The lowest BCUT2D eigenvalue weighted by atomic mass is 10.0. The standard InChI is InChI=1S/C12H11NO2/c13-10-6-2-1-4-8(10)9-5-3-7-11(14)12(9)15/h1-7,14-15H,13H2. The van der Waals surface area contributed by atoms with Gasteiger partial charge in [-0.15, -0.1) is 0 Å². The van der Waals surface area contributed by atoms with Gasteiger partial charge in [-0.1, -0.05) is 30.3 Å². The molecular weight excluding hydrogens is 190 g/mol. The minimum absolute atomic E-state index is 0.143. The van der Waals surface area contributed by atoms with Gasteiger partial charge in [-0.05, 0) is 12.1 Å². The summed E-state index contributed by atoms with van der Waals surface area (Å²) < 4.78 is 0. The topological polar surface area (TPSA) is 66.5 Å². The summed E-state index contributed by atoms with van der Waals surface area (Å²) in [6.45, 7) is 0. The average Bonchev–Trinajstić information content (AvgIpc) is 2.23. The number of anilines is 1. The van der Waals surface area contributed by atoms with E-state index >= 15 is 0 Å². The SMILES string of the molecule is Nc1ccccc1-c1cccc(O)c1O. The van der Waals surface area contributed by atoms with Crippen molar-refractivity contribution in [3.63, 3.8) is 0 Å². The lowest BCUT2D eigenvalue weighted by molar-refractivity contribution is 0.405. The Labute approximate surface area is 87.4 Å². The van der Waals surface area contributed by atoms with E-state index in [2.05, 4.69) is 0 Å². The minimum atomic E-state index is -0.143. The molecule has 0 saturated heterocycles. The second kappa shape index (κ2) is 3.53. The third kappa shape index (κ3) is 1.59. The molecule has 0 aliphatic carbocycles. The van der Waals surface area contributed by atoms with Gasteiger partial charge in [0.2, 0.25) is 0 Å². The van der Waals surface area contributed by atoms with E-state index in [0.29, 0.717) is 16.8 Å². The van der Waals surface area contributed by atoms with E-state index < -0.39 is 0 Å². The molecule has 0 bridgehead atoms. The van der Waals surface area contributed by atoms with Gasteiger partial charge in [-0.2, -0.15) is 0 Å². The molecule has 0 unspecified atom stereocenters. The van der Waals surface area contributed by atoms with Crippen molar-refractivity contribution in [1.29, 1.82) is 0 Å². The number of benzene rings is 2. The monoisotopic (exact) mass is 201 g/mol. The average molecular weight is 201 g/mol. The molecule has 0 aliphatic rings. The first kappa shape index (κ1) is 9.40. The Balaban J connectivity index is 2.65. The molecule has 0 aromatic heterocycles. The summed E-state index contributed by atoms with van der Waals surface area (Å²) in [4.78, 5) is 0. The molecule has 3 nitrogen and oxygen atoms in total. The fourth-order valence-corrected chi connectivity index (χ4v) is 1.49. The zero-order valence-corrected chi connectivity index (χ0v) is 8.01. The number of nitrogen functional groups attached to an aromatic ring is 1. The number of phenolic OH excluding ortho intramolecular Hbond substituents is 2. The highest BCUT2D eigenvalue weighted by atomic mass is 16.3. The van der Waals surface area contributed by atoms with Crippen LogP contribution in [-0.2, 0) is 0 Å². The molecule has 3 heteroatoms. The maximum atomic E-state index is 9.67. The molecule has 0 saturated carbocycles. The van der Waals surface area contributed by atoms with Gasteiger partial charge < -0.3 is 15.9 Å². The lowest BCUT2D eigenvalue weighted by Gasteiger charge is -2.08. The Morgan fingerprint density at radius 3 is 2.20 bits per heavy atom. The van der Waals surface area contributed by atoms with Gasteiger partial charge in [0.15, 0.2) is 11.5 Å². The molecule has 0 amide bonds. The van der Waals surface area contributed by atoms with Crippen LogP contribution in [0.25, 0.3) is 11.1 Å². The number of phenols is 2. The Kier molecular flexibility index (Phi) is 2.21. The summed E-state index contributed by atoms with van der Waals surface area (Å²) in [5.74, 6) is -0.286. The van der Waals surface area contributed by atoms with Crippen LogP contribution in [-0.4, -0.2) is 10.2 Å². The van der Waals surface area contributed by atoms with Crippen molar-refractivity contribution in [1.82, 2.24) is 0 Å². The molecule has 0 fully saturated rings. The van der Waals surface area contributed by atoms with Crippen LogP contribution >= 0.6 is 0 Å². The van der Waals surface area contributed by atoms with Crippen molar-refractivity contribution >= 4 is 5.69 Å². The summed E-state index contributed by atoms with van der Waals surface area (Å²) in [5.41, 5.74) is 7.60. The number of hydrogen-bond donors (Lipinski definition) is 3. The Morgan fingerprint density at radius 1 is 0.800 bits per heavy atom. The van der Waals surface area contributed by atoms with Gasteiger partial charge in [-0.25, -0.2) is 0 Å². The quantitative estimate of drug-likeness (QED) is 0.490. The summed E-state index contributed by atoms with van der Waals surface area (Å²) in [5, 5.41) is 19.0.